The van der Waals surface area contributed by atoms with Crippen LogP contribution in [-0.4, -0.2) is 47.9 Å². The Kier molecular flexibility index (Phi) is 5.48. The first-order valence-electron chi connectivity index (χ1n) is 5.73. The second kappa shape index (κ2) is 6.88. The van der Waals surface area contributed by atoms with Crippen molar-refractivity contribution in [2.75, 3.05) is 14.2 Å². The van der Waals surface area contributed by atoms with Gasteiger partial charge in [-0.1, -0.05) is 0 Å². The Labute approximate surface area is 115 Å². The molecule has 7 nitrogen and oxygen atoms in total. The molecule has 0 aliphatic carbocycles. The number of aldehydes is 1. The summed E-state index contributed by atoms with van der Waals surface area (Å²) in [5.74, 6) is -0.933. The smallest absolute Gasteiger partial charge is 0.308 e. The number of carbonyl (C=O) groups is 2. The molecule has 0 heterocycles. The van der Waals surface area contributed by atoms with Crippen LogP contribution in [0.2, 0.25) is 0 Å². The Morgan fingerprint density at radius 1 is 1.35 bits per heavy atom. The molecular weight excluding hydrogens is 268 g/mol. The molecule has 1 rings (SSSR count). The average Bonchev–Trinajstić information content (AvgIpc) is 2.45. The summed E-state index contributed by atoms with van der Waals surface area (Å²) in [5.41, 5.74) is 0.0331. The molecule has 2 atom stereocenters. The van der Waals surface area contributed by atoms with Crippen LogP contribution >= 0.6 is 0 Å². The number of methoxy groups -OCH3 is 2. The molecule has 3 N–H and O–H groups in total. The second-order valence-electron chi connectivity index (χ2n) is 4.06. The van der Waals surface area contributed by atoms with Crippen molar-refractivity contribution in [3.8, 4) is 11.5 Å². The number of aliphatic hydroxyl groups is 2. The van der Waals surface area contributed by atoms with E-state index >= 15 is 0 Å². The van der Waals surface area contributed by atoms with Crippen LogP contribution < -0.4 is 4.74 Å². The van der Waals surface area contributed by atoms with E-state index in [1.165, 1.54) is 13.2 Å². The molecule has 0 aliphatic heterocycles. The van der Waals surface area contributed by atoms with Gasteiger partial charge in [-0.25, -0.2) is 0 Å². The monoisotopic (exact) mass is 284 g/mol. The number of carbonyl (C=O) groups excluding carboxylic acids is 2. The van der Waals surface area contributed by atoms with E-state index in [0.29, 0.717) is 6.29 Å². The molecular formula is C13H16O7. The predicted molar refractivity (Wildman–Crippen MR) is 67.6 cm³/mol. The zero-order valence-corrected chi connectivity index (χ0v) is 11.1. The number of esters is 1. The van der Waals surface area contributed by atoms with E-state index in [4.69, 9.17) is 4.74 Å². The van der Waals surface area contributed by atoms with E-state index in [1.807, 2.05) is 0 Å². The first kappa shape index (κ1) is 15.9. The fraction of sp³-hybridized carbons (Fsp3) is 0.385. The highest BCUT2D eigenvalue weighted by Gasteiger charge is 2.25. The van der Waals surface area contributed by atoms with Crippen LogP contribution in [0, 0.1) is 0 Å². The molecule has 1 aromatic rings. The molecule has 0 saturated carbocycles. The number of ether oxygens (including phenoxy) is 2. The van der Waals surface area contributed by atoms with Gasteiger partial charge in [-0.15, -0.1) is 0 Å². The van der Waals surface area contributed by atoms with Gasteiger partial charge in [-0.2, -0.15) is 0 Å². The van der Waals surface area contributed by atoms with Gasteiger partial charge >= 0.3 is 5.97 Å². The lowest BCUT2D eigenvalue weighted by molar-refractivity contribution is -0.144. The number of hydrogen-bond acceptors (Lipinski definition) is 7. The van der Waals surface area contributed by atoms with Crippen LogP contribution in [-0.2, 0) is 9.53 Å². The molecule has 0 fully saturated rings. The van der Waals surface area contributed by atoms with Crippen LogP contribution in [0.25, 0.3) is 0 Å². The molecule has 0 spiro atoms. The Balaban J connectivity index is 3.10. The molecule has 0 saturated heterocycles. The summed E-state index contributed by atoms with van der Waals surface area (Å²) in [4.78, 5) is 22.0. The van der Waals surface area contributed by atoms with Crippen molar-refractivity contribution in [1.29, 1.82) is 0 Å². The van der Waals surface area contributed by atoms with E-state index in [9.17, 15) is 24.9 Å². The third kappa shape index (κ3) is 3.46. The van der Waals surface area contributed by atoms with E-state index in [1.54, 1.807) is 0 Å². The van der Waals surface area contributed by atoms with E-state index in [-0.39, 0.29) is 22.6 Å². The maximum Gasteiger partial charge on any atom is 0.308 e. The summed E-state index contributed by atoms with van der Waals surface area (Å²) < 4.78 is 9.25. The maximum absolute atomic E-state index is 11.1. The highest BCUT2D eigenvalue weighted by Crippen LogP contribution is 2.33. The Morgan fingerprint density at radius 2 is 2.00 bits per heavy atom. The van der Waals surface area contributed by atoms with Crippen molar-refractivity contribution in [2.45, 2.75) is 18.6 Å². The molecule has 0 aliphatic rings. The Morgan fingerprint density at radius 3 is 2.50 bits per heavy atom. The molecule has 2 unspecified atom stereocenters. The summed E-state index contributed by atoms with van der Waals surface area (Å²) in [7, 11) is 2.46. The lowest BCUT2D eigenvalue weighted by atomic mass is 9.97. The lowest BCUT2D eigenvalue weighted by Gasteiger charge is -2.19. The fourth-order valence-electron chi connectivity index (χ4n) is 1.69. The van der Waals surface area contributed by atoms with Crippen LogP contribution in [0.4, 0.5) is 0 Å². The minimum absolute atomic E-state index is 0.0142. The minimum Gasteiger partial charge on any atom is -0.504 e. The second-order valence-corrected chi connectivity index (χ2v) is 4.06. The zero-order valence-electron chi connectivity index (χ0n) is 11.1. The van der Waals surface area contributed by atoms with Crippen molar-refractivity contribution in [3.63, 3.8) is 0 Å². The molecule has 110 valence electrons. The predicted octanol–water partition coefficient (Wildman–Crippen LogP) is 0.171. The van der Waals surface area contributed by atoms with Gasteiger partial charge in [0.1, 0.15) is 6.10 Å². The normalized spacial score (nSPS) is 13.4. The van der Waals surface area contributed by atoms with Gasteiger partial charge in [0.25, 0.3) is 0 Å². The van der Waals surface area contributed by atoms with Crippen LogP contribution in [0.15, 0.2) is 12.1 Å². The van der Waals surface area contributed by atoms with Gasteiger partial charge < -0.3 is 24.8 Å². The van der Waals surface area contributed by atoms with Crippen LogP contribution in [0.3, 0.4) is 0 Å². The number of phenols is 1. The molecule has 1 aromatic carbocycles. The number of phenolic OH excluding ortho intramolecular Hbond substituents is 1. The number of rotatable bonds is 6. The van der Waals surface area contributed by atoms with Crippen LogP contribution in [0.5, 0.6) is 11.5 Å². The molecule has 0 amide bonds. The molecule has 7 heteroatoms. The van der Waals surface area contributed by atoms with Gasteiger partial charge in [0.15, 0.2) is 17.8 Å². The summed E-state index contributed by atoms with van der Waals surface area (Å²) >= 11 is 0. The van der Waals surface area contributed by atoms with Gasteiger partial charge in [0.05, 0.1) is 26.7 Å². The minimum atomic E-state index is -1.50. The molecule has 0 bridgehead atoms. The Bertz CT molecular complexity index is 498. The number of benzene rings is 1. The highest BCUT2D eigenvalue weighted by atomic mass is 16.5. The summed E-state index contributed by atoms with van der Waals surface area (Å²) in [5, 5.41) is 29.3. The molecule has 0 aromatic heterocycles. The van der Waals surface area contributed by atoms with Crippen molar-refractivity contribution in [1.82, 2.24) is 0 Å². The van der Waals surface area contributed by atoms with Gasteiger partial charge in [0, 0.05) is 5.56 Å². The van der Waals surface area contributed by atoms with Crippen molar-refractivity contribution < 1.29 is 34.4 Å². The standard InChI is InChI=1S/C13H16O7/c1-19-11-4-8(7(6-14)3-9(11)15)13(18)10(16)5-12(17)20-2/h3-4,6,10,13,15-16,18H,5H2,1-2H3. The first-order chi connectivity index (χ1) is 9.44. The van der Waals surface area contributed by atoms with Crippen LogP contribution in [0.1, 0.15) is 28.4 Å². The summed E-state index contributed by atoms with van der Waals surface area (Å²) in [6.45, 7) is 0. The van der Waals surface area contributed by atoms with Gasteiger partial charge in [-0.3, -0.25) is 9.59 Å². The maximum atomic E-state index is 11.1. The molecule has 20 heavy (non-hydrogen) atoms. The number of aliphatic hydroxyl groups excluding tert-OH is 2. The van der Waals surface area contributed by atoms with Crippen molar-refractivity contribution in [3.05, 3.63) is 23.3 Å². The van der Waals surface area contributed by atoms with Gasteiger partial charge in [-0.05, 0) is 17.7 Å². The van der Waals surface area contributed by atoms with Crippen molar-refractivity contribution in [2.24, 2.45) is 0 Å². The average molecular weight is 284 g/mol. The highest BCUT2D eigenvalue weighted by molar-refractivity contribution is 5.79. The Hall–Kier alpha value is -2.12. The molecule has 0 radical (unpaired) electrons. The van der Waals surface area contributed by atoms with E-state index in [2.05, 4.69) is 4.74 Å². The SMILES string of the molecule is COC(=O)CC(O)C(O)c1cc(OC)c(O)cc1C=O. The first-order valence-corrected chi connectivity index (χ1v) is 5.73. The largest absolute Gasteiger partial charge is 0.504 e. The topological polar surface area (TPSA) is 113 Å². The van der Waals surface area contributed by atoms with E-state index < -0.39 is 24.6 Å². The summed E-state index contributed by atoms with van der Waals surface area (Å²) in [6, 6.07) is 2.33. The quantitative estimate of drug-likeness (QED) is 0.504. The van der Waals surface area contributed by atoms with E-state index in [0.717, 1.165) is 13.2 Å². The third-order valence-corrected chi connectivity index (χ3v) is 2.80. The third-order valence-electron chi connectivity index (χ3n) is 2.80. The van der Waals surface area contributed by atoms with Gasteiger partial charge in [0.2, 0.25) is 0 Å². The number of hydrogen-bond donors (Lipinski definition) is 3. The number of aromatic hydroxyl groups is 1. The zero-order chi connectivity index (χ0) is 15.3. The summed E-state index contributed by atoms with van der Waals surface area (Å²) in [6.07, 6.45) is -2.96. The lowest BCUT2D eigenvalue weighted by Crippen LogP contribution is -2.23. The van der Waals surface area contributed by atoms with Crippen molar-refractivity contribution >= 4 is 12.3 Å². The fourth-order valence-corrected chi connectivity index (χ4v) is 1.69.